The first-order valence-corrected chi connectivity index (χ1v) is 29.6. The Morgan fingerprint density at radius 3 is 0.851 bits per heavy atom. The molecule has 2 heterocycles. The molecule has 33 heteroatoms. The van der Waals surface area contributed by atoms with E-state index in [2.05, 4.69) is 48.9 Å². The van der Waals surface area contributed by atoms with Crippen molar-refractivity contribution in [3.05, 3.63) is 121 Å². The van der Waals surface area contributed by atoms with E-state index >= 15 is 0 Å². The number of phenolic OH excluding ortho intramolecular Hbond substituents is 4. The molecule has 0 radical (unpaired) electrons. The lowest BCUT2D eigenvalue weighted by Gasteiger charge is -2.15. The molecule has 33 nitrogen and oxygen atoms in total. The van der Waals surface area contributed by atoms with Gasteiger partial charge in [0, 0.05) is 35.4 Å². The second-order valence-electron chi connectivity index (χ2n) is 20.5. The number of esters is 5. The van der Waals surface area contributed by atoms with Crippen molar-refractivity contribution in [2.45, 2.75) is 71.9 Å². The van der Waals surface area contributed by atoms with Crippen LogP contribution >= 0.6 is 0 Å². The third kappa shape index (κ3) is 23.8. The molecule has 0 spiro atoms. The van der Waals surface area contributed by atoms with Gasteiger partial charge >= 0.3 is 41.8 Å². The highest BCUT2D eigenvalue weighted by atomic mass is 16.7. The molecule has 0 aliphatic rings. The number of carboxylic acid groups (broad SMARTS) is 2. The van der Waals surface area contributed by atoms with Gasteiger partial charge in [-0.1, -0.05) is 0 Å². The maximum absolute atomic E-state index is 12.3. The average molecular weight is 1400 g/mol. The fourth-order valence-electron chi connectivity index (χ4n) is 8.23. The first-order valence-electron chi connectivity index (χ1n) is 29.6. The third-order valence-corrected chi connectivity index (χ3v) is 13.1. The number of hydrogen-bond donors (Lipinski definition) is 8. The van der Waals surface area contributed by atoms with Crippen LogP contribution < -0.4 is 28.4 Å². The van der Waals surface area contributed by atoms with Gasteiger partial charge in [-0.15, -0.1) is 0 Å². The minimum absolute atomic E-state index is 0.0405. The maximum Gasteiger partial charge on any atom is 0.349 e. The number of ketones is 1. The largest absolute Gasteiger partial charge is 0.507 e. The molecule has 8 N–H and O–H groups in total. The Morgan fingerprint density at radius 2 is 0.624 bits per heavy atom. The number of rotatable bonds is 26. The Hall–Kier alpha value is -12.8. The number of nitrogens with zero attached hydrogens (tertiary/aromatic N) is 6. The number of benzene rings is 6. The molecule has 0 saturated carbocycles. The number of carboxylic acids is 2. The summed E-state index contributed by atoms with van der Waals surface area (Å²) in [7, 11) is 6.83. The molecule has 4 atom stereocenters. The summed E-state index contributed by atoms with van der Waals surface area (Å²) in [5.74, 6) is -4.66. The van der Waals surface area contributed by atoms with Crippen LogP contribution in [-0.2, 0) is 62.0 Å². The molecule has 101 heavy (non-hydrogen) atoms. The molecule has 0 aliphatic heterocycles. The van der Waals surface area contributed by atoms with Crippen molar-refractivity contribution in [2.75, 3.05) is 49.1 Å². The van der Waals surface area contributed by atoms with Gasteiger partial charge in [-0.3, -0.25) is 19.2 Å². The van der Waals surface area contributed by atoms with Crippen LogP contribution in [0, 0.1) is 0 Å². The van der Waals surface area contributed by atoms with E-state index in [0.29, 0.717) is 22.6 Å². The molecule has 0 saturated heterocycles. The maximum atomic E-state index is 12.3. The molecule has 2 aromatic heterocycles. The summed E-state index contributed by atoms with van der Waals surface area (Å²) < 4.78 is 56.3. The van der Waals surface area contributed by atoms with Crippen molar-refractivity contribution in [3.63, 3.8) is 0 Å². The molecule has 534 valence electrons. The smallest absolute Gasteiger partial charge is 0.349 e. The number of Topliss-reactive ketones (excluding diaryl/α,β-unsaturated/α-hetero) is 1. The van der Waals surface area contributed by atoms with E-state index in [1.165, 1.54) is 124 Å². The quantitative estimate of drug-likeness (QED) is 0.0121. The van der Waals surface area contributed by atoms with Crippen LogP contribution in [-0.4, -0.2) is 192 Å². The number of aromatic nitrogens is 6. The van der Waals surface area contributed by atoms with Crippen LogP contribution in [0.1, 0.15) is 47.5 Å². The van der Waals surface area contributed by atoms with Gasteiger partial charge in [-0.25, -0.2) is 49.1 Å². The number of aliphatic carboxylic acids is 2. The topological polar surface area (TPSA) is 477 Å². The van der Waals surface area contributed by atoms with Gasteiger partial charge in [-0.05, 0) is 132 Å². The molecular formula is C68H70N6O27. The fourth-order valence-corrected chi connectivity index (χ4v) is 8.23. The van der Waals surface area contributed by atoms with Gasteiger partial charge < -0.3 is 93.0 Å². The number of hydrogen-bond acceptors (Lipinski definition) is 31. The normalized spacial score (nSPS) is 11.5. The zero-order chi connectivity index (χ0) is 74.6. The highest BCUT2D eigenvalue weighted by Crippen LogP contribution is 2.39. The minimum atomic E-state index is -1.31. The van der Waals surface area contributed by atoms with Crippen LogP contribution in [0.2, 0.25) is 0 Å². The van der Waals surface area contributed by atoms with E-state index < -0.39 is 98.4 Å². The Kier molecular flexibility index (Phi) is 29.9. The lowest BCUT2D eigenvalue weighted by atomic mass is 10.1. The van der Waals surface area contributed by atoms with E-state index in [9.17, 15) is 58.8 Å². The van der Waals surface area contributed by atoms with Crippen LogP contribution in [0.3, 0.4) is 0 Å². The summed E-state index contributed by atoms with van der Waals surface area (Å²) in [6.07, 6.45) is -5.12. The van der Waals surface area contributed by atoms with Crippen molar-refractivity contribution in [1.29, 1.82) is 0 Å². The molecule has 0 fully saturated rings. The van der Waals surface area contributed by atoms with Crippen LogP contribution in [0.4, 0.5) is 0 Å². The highest BCUT2D eigenvalue weighted by Gasteiger charge is 2.25. The molecule has 8 aromatic rings. The second-order valence-corrected chi connectivity index (χ2v) is 20.5. The number of methoxy groups -OCH3 is 5. The average Bonchev–Trinajstić information content (AvgIpc) is 0.792. The Labute approximate surface area is 575 Å². The first kappa shape index (κ1) is 78.9. The standard InChI is InChI=1S/C34H33N3O12.C30H29N3O9.C3H4O4.CH4O2/c1-18(38)14-29(41)46-17-47-34(43)20(3)49-24-11-13-26(28(40)16-24)32-36-30(21-6-8-22(44-4)9-7-21)35-31(37-32)25-12-10-23(15-27(25)39)48-19(2)33(42)45-5;1-16(29(36)39-4)41-20-10-12-22(24(34)14-20)27-31-26(18-6-8-19(38-3)9-7-18)32-28(33-27)23-13-11-21(15-25(23)35)42-17(2)30(37)40-5;4-2(5)1-3(6)7;2-1-3/h6-13,15-16,19-20,39-40H,14,17H2,1-5H3;6-17,34-35H,1-5H3;1H2,(H,4,5)(H,6,7);2-3H,1H2. The zero-order valence-electron chi connectivity index (χ0n) is 55.7. The summed E-state index contributed by atoms with van der Waals surface area (Å²) in [6.45, 7) is 5.72. The van der Waals surface area contributed by atoms with Crippen LogP contribution in [0.5, 0.6) is 57.5 Å². The highest BCUT2D eigenvalue weighted by molar-refractivity contribution is 5.94. The zero-order valence-corrected chi connectivity index (χ0v) is 55.7. The number of aliphatic hydroxyl groups excluding tert-OH is 1. The predicted octanol–water partition coefficient (Wildman–Crippen LogP) is 6.67. The minimum Gasteiger partial charge on any atom is -0.507 e. The number of carbonyl (C=O) groups excluding carboxylic acids is 6. The molecule has 8 rings (SSSR count). The molecule has 0 amide bonds. The van der Waals surface area contributed by atoms with Gasteiger partial charge in [0.2, 0.25) is 6.79 Å². The lowest BCUT2D eigenvalue weighted by Crippen LogP contribution is -2.27. The predicted molar refractivity (Wildman–Crippen MR) is 350 cm³/mol. The summed E-state index contributed by atoms with van der Waals surface area (Å²) in [5, 5.41) is 73.3. The third-order valence-electron chi connectivity index (χ3n) is 13.1. The Balaban J connectivity index is 0.000000323. The molecular weight excluding hydrogens is 1330 g/mol. The summed E-state index contributed by atoms with van der Waals surface area (Å²) >= 11 is 0. The van der Waals surface area contributed by atoms with E-state index in [-0.39, 0.29) is 103 Å². The van der Waals surface area contributed by atoms with Gasteiger partial charge in [0.1, 0.15) is 82.9 Å². The van der Waals surface area contributed by atoms with Crippen molar-refractivity contribution in [1.82, 2.24) is 29.9 Å². The van der Waals surface area contributed by atoms with E-state index in [4.69, 9.17) is 53.6 Å². The van der Waals surface area contributed by atoms with Crippen molar-refractivity contribution < 1.29 is 131 Å². The van der Waals surface area contributed by atoms with E-state index in [0.717, 1.165) is 0 Å². The van der Waals surface area contributed by atoms with Crippen LogP contribution in [0.25, 0.3) is 68.3 Å². The number of carbonyl (C=O) groups is 8. The SMILES string of the molecule is COC(=O)C(C)Oc1ccc(-c2nc(-c3ccc(OC)cc3)nc(-c3ccc(OC(C)C(=O)OC)cc3O)n2)c(O)c1.COC(=O)C(C)Oc1ccc(-c2nc(-c3ccc(OC)cc3)nc(-c3ccc(OC(C)C(=O)OCOC(=O)CC(C)=O)cc3O)n2)c(O)c1.O=C(O)CC(=O)O.OCO. The summed E-state index contributed by atoms with van der Waals surface area (Å²) in [4.78, 5) is 116. The molecule has 4 unspecified atom stereocenters. The Bertz CT molecular complexity index is 4110. The molecule has 6 aromatic carbocycles. The van der Waals surface area contributed by atoms with E-state index in [1.54, 1.807) is 67.8 Å². The number of phenols is 4. The van der Waals surface area contributed by atoms with Crippen molar-refractivity contribution in [2.24, 2.45) is 0 Å². The van der Waals surface area contributed by atoms with Crippen molar-refractivity contribution in [3.8, 4) is 126 Å². The number of aromatic hydroxyl groups is 4. The van der Waals surface area contributed by atoms with Crippen molar-refractivity contribution >= 4 is 47.6 Å². The lowest BCUT2D eigenvalue weighted by molar-refractivity contribution is -0.172. The second kappa shape index (κ2) is 38.2. The first-order chi connectivity index (χ1) is 48.0. The summed E-state index contributed by atoms with van der Waals surface area (Å²) in [5.41, 5.74) is 2.07. The monoisotopic (exact) mass is 1400 g/mol. The van der Waals surface area contributed by atoms with Gasteiger partial charge in [0.15, 0.2) is 59.4 Å². The molecule has 0 aliphatic carbocycles. The van der Waals surface area contributed by atoms with Gasteiger partial charge in [-0.2, -0.15) is 0 Å². The number of ether oxygens (including phenoxy) is 11. The number of aliphatic hydroxyl groups is 2. The fraction of sp³-hybridized carbons (Fsp3) is 0.265. The molecule has 0 bridgehead atoms. The summed E-state index contributed by atoms with van der Waals surface area (Å²) in [6, 6.07) is 31.3. The van der Waals surface area contributed by atoms with Gasteiger partial charge in [0.25, 0.3) is 0 Å². The Morgan fingerprint density at radius 1 is 0.366 bits per heavy atom. The van der Waals surface area contributed by atoms with E-state index in [1.807, 2.05) is 0 Å². The van der Waals surface area contributed by atoms with Gasteiger partial charge in [0.05, 0.1) is 57.8 Å². The van der Waals surface area contributed by atoms with Crippen LogP contribution in [0.15, 0.2) is 121 Å².